The van der Waals surface area contributed by atoms with Crippen LogP contribution in [0.4, 0.5) is 0 Å². The van der Waals surface area contributed by atoms with Crippen molar-refractivity contribution in [3.05, 3.63) is 35.9 Å². The third-order valence-corrected chi connectivity index (χ3v) is 3.78. The van der Waals surface area contributed by atoms with Gasteiger partial charge in [0.05, 0.1) is 13.0 Å². The Kier molecular flexibility index (Phi) is 4.37. The molecule has 0 radical (unpaired) electrons. The Morgan fingerprint density at radius 1 is 1.33 bits per heavy atom. The zero-order valence-corrected chi connectivity index (χ0v) is 11.1. The number of esters is 1. The van der Waals surface area contributed by atoms with Crippen molar-refractivity contribution >= 4 is 5.97 Å². The molecule has 3 nitrogen and oxygen atoms in total. The van der Waals surface area contributed by atoms with E-state index in [9.17, 15) is 4.79 Å². The Bertz CT molecular complexity index is 391. The van der Waals surface area contributed by atoms with Gasteiger partial charge in [0, 0.05) is 12.1 Å². The van der Waals surface area contributed by atoms with E-state index in [4.69, 9.17) is 4.74 Å². The topological polar surface area (TPSA) is 38.3 Å². The van der Waals surface area contributed by atoms with Gasteiger partial charge in [0.1, 0.15) is 0 Å². The molecule has 0 bridgehead atoms. The molecule has 18 heavy (non-hydrogen) atoms. The van der Waals surface area contributed by atoms with Crippen LogP contribution in [0.2, 0.25) is 0 Å². The van der Waals surface area contributed by atoms with Gasteiger partial charge in [-0.25, -0.2) is 0 Å². The second kappa shape index (κ2) is 6.01. The minimum Gasteiger partial charge on any atom is -0.469 e. The van der Waals surface area contributed by atoms with Crippen molar-refractivity contribution in [2.75, 3.05) is 7.11 Å². The first-order chi connectivity index (χ1) is 8.72. The molecule has 0 amide bonds. The normalized spacial score (nSPS) is 24.8. The highest BCUT2D eigenvalue weighted by molar-refractivity contribution is 5.73. The van der Waals surface area contributed by atoms with Crippen molar-refractivity contribution in [3.63, 3.8) is 0 Å². The fourth-order valence-electron chi connectivity index (χ4n) is 2.75. The first-order valence-electron chi connectivity index (χ1n) is 6.61. The van der Waals surface area contributed by atoms with Crippen LogP contribution < -0.4 is 5.32 Å². The average molecular weight is 247 g/mol. The molecule has 2 rings (SSSR count). The maximum absolute atomic E-state index is 11.7. The van der Waals surface area contributed by atoms with Gasteiger partial charge in [-0.3, -0.25) is 4.79 Å². The molecule has 3 heteroatoms. The van der Waals surface area contributed by atoms with Gasteiger partial charge in [-0.15, -0.1) is 0 Å². The largest absolute Gasteiger partial charge is 0.469 e. The number of rotatable bonds is 4. The zero-order valence-electron chi connectivity index (χ0n) is 11.1. The lowest BCUT2D eigenvalue weighted by Crippen LogP contribution is -2.38. The van der Waals surface area contributed by atoms with E-state index in [2.05, 4.69) is 24.4 Å². The minimum absolute atomic E-state index is 0.0150. The minimum atomic E-state index is -0.0785. The maximum atomic E-state index is 11.7. The summed E-state index contributed by atoms with van der Waals surface area (Å²) < 4.78 is 4.87. The molecule has 0 saturated heterocycles. The predicted octanol–water partition coefficient (Wildman–Crippen LogP) is 2.68. The van der Waals surface area contributed by atoms with Crippen molar-refractivity contribution in [1.29, 1.82) is 0 Å². The zero-order chi connectivity index (χ0) is 13.0. The van der Waals surface area contributed by atoms with E-state index in [1.54, 1.807) is 0 Å². The van der Waals surface area contributed by atoms with Crippen LogP contribution in [0.5, 0.6) is 0 Å². The summed E-state index contributed by atoms with van der Waals surface area (Å²) in [6.07, 6.45) is 3.09. The highest BCUT2D eigenvalue weighted by Crippen LogP contribution is 2.28. The van der Waals surface area contributed by atoms with E-state index < -0.39 is 0 Å². The van der Waals surface area contributed by atoms with Crippen molar-refractivity contribution in [1.82, 2.24) is 5.32 Å². The lowest BCUT2D eigenvalue weighted by molar-refractivity contribution is -0.145. The van der Waals surface area contributed by atoms with Crippen molar-refractivity contribution < 1.29 is 9.53 Å². The third kappa shape index (κ3) is 2.91. The standard InChI is InChI=1S/C15H21NO2/c1-11(12-7-4-3-5-8-12)16-14-10-6-9-13(14)15(17)18-2/h3-5,7-8,11,13-14,16H,6,9-10H2,1-2H3/t11-,13+,14-/m1/s1. The monoisotopic (exact) mass is 247 g/mol. The fraction of sp³-hybridized carbons (Fsp3) is 0.533. The van der Waals surface area contributed by atoms with Gasteiger partial charge in [-0.1, -0.05) is 36.8 Å². The highest BCUT2D eigenvalue weighted by Gasteiger charge is 2.34. The molecule has 0 heterocycles. The quantitative estimate of drug-likeness (QED) is 0.831. The molecule has 0 unspecified atom stereocenters. The summed E-state index contributed by atoms with van der Waals surface area (Å²) in [6, 6.07) is 10.8. The Balaban J connectivity index is 1.98. The highest BCUT2D eigenvalue weighted by atomic mass is 16.5. The van der Waals surface area contributed by atoms with Crippen molar-refractivity contribution in [2.24, 2.45) is 5.92 Å². The first kappa shape index (κ1) is 13.1. The third-order valence-electron chi connectivity index (χ3n) is 3.78. The molecule has 3 atom stereocenters. The van der Waals surface area contributed by atoms with Crippen LogP contribution in [0.1, 0.15) is 37.8 Å². The molecule has 1 fully saturated rings. The van der Waals surface area contributed by atoms with Gasteiger partial charge < -0.3 is 10.1 Å². The molecule has 1 aliphatic carbocycles. The Labute approximate surface area is 109 Å². The summed E-state index contributed by atoms with van der Waals surface area (Å²) in [5.41, 5.74) is 1.26. The van der Waals surface area contributed by atoms with Crippen LogP contribution in [0.15, 0.2) is 30.3 Å². The van der Waals surface area contributed by atoms with Crippen LogP contribution in [-0.4, -0.2) is 19.1 Å². The van der Waals surface area contributed by atoms with Crippen LogP contribution in [0.25, 0.3) is 0 Å². The van der Waals surface area contributed by atoms with E-state index in [-0.39, 0.29) is 24.0 Å². The first-order valence-corrected chi connectivity index (χ1v) is 6.61. The SMILES string of the molecule is COC(=O)[C@H]1CCC[C@H]1N[C@H](C)c1ccccc1. The number of ether oxygens (including phenoxy) is 1. The van der Waals surface area contributed by atoms with Crippen molar-refractivity contribution in [2.45, 2.75) is 38.3 Å². The maximum Gasteiger partial charge on any atom is 0.310 e. The van der Waals surface area contributed by atoms with E-state index >= 15 is 0 Å². The second-order valence-corrected chi connectivity index (χ2v) is 4.97. The predicted molar refractivity (Wildman–Crippen MR) is 71.1 cm³/mol. The van der Waals surface area contributed by atoms with Gasteiger partial charge in [0.15, 0.2) is 0 Å². The lowest BCUT2D eigenvalue weighted by Gasteiger charge is -2.23. The molecule has 0 aliphatic heterocycles. The molecule has 1 aromatic rings. The van der Waals surface area contributed by atoms with Gasteiger partial charge in [-0.05, 0) is 25.3 Å². The Hall–Kier alpha value is -1.35. The van der Waals surface area contributed by atoms with E-state index in [1.165, 1.54) is 12.7 Å². The second-order valence-electron chi connectivity index (χ2n) is 4.97. The molecule has 1 saturated carbocycles. The summed E-state index contributed by atoms with van der Waals surface area (Å²) in [4.78, 5) is 11.7. The molecular formula is C15H21NO2. The number of carbonyl (C=O) groups is 1. The molecule has 1 N–H and O–H groups in total. The van der Waals surface area contributed by atoms with E-state index in [1.807, 2.05) is 18.2 Å². The molecule has 0 aromatic heterocycles. The molecule has 1 aliphatic rings. The smallest absolute Gasteiger partial charge is 0.310 e. The number of methoxy groups -OCH3 is 1. The van der Waals surface area contributed by atoms with Crippen LogP contribution in [-0.2, 0) is 9.53 Å². The number of hydrogen-bond donors (Lipinski definition) is 1. The van der Waals surface area contributed by atoms with Crippen LogP contribution >= 0.6 is 0 Å². The van der Waals surface area contributed by atoms with Crippen LogP contribution in [0, 0.1) is 5.92 Å². The van der Waals surface area contributed by atoms with Crippen LogP contribution in [0.3, 0.4) is 0 Å². The van der Waals surface area contributed by atoms with E-state index in [0.29, 0.717) is 0 Å². The molecular weight excluding hydrogens is 226 g/mol. The van der Waals surface area contributed by atoms with Gasteiger partial charge in [0.2, 0.25) is 0 Å². The summed E-state index contributed by atoms with van der Waals surface area (Å²) in [6.45, 7) is 2.14. The number of benzene rings is 1. The lowest BCUT2D eigenvalue weighted by atomic mass is 10.0. The Morgan fingerprint density at radius 3 is 2.72 bits per heavy atom. The summed E-state index contributed by atoms with van der Waals surface area (Å²) >= 11 is 0. The summed E-state index contributed by atoms with van der Waals surface area (Å²) in [5, 5.41) is 3.56. The Morgan fingerprint density at radius 2 is 2.06 bits per heavy atom. The molecule has 98 valence electrons. The fourth-order valence-corrected chi connectivity index (χ4v) is 2.75. The molecule has 0 spiro atoms. The number of carbonyl (C=O) groups excluding carboxylic acids is 1. The average Bonchev–Trinajstić information content (AvgIpc) is 2.87. The number of nitrogens with one attached hydrogen (secondary N) is 1. The van der Waals surface area contributed by atoms with Gasteiger partial charge in [-0.2, -0.15) is 0 Å². The van der Waals surface area contributed by atoms with Gasteiger partial charge in [0.25, 0.3) is 0 Å². The number of hydrogen-bond acceptors (Lipinski definition) is 3. The van der Waals surface area contributed by atoms with Gasteiger partial charge >= 0.3 is 5.97 Å². The van der Waals surface area contributed by atoms with E-state index in [0.717, 1.165) is 19.3 Å². The summed E-state index contributed by atoms with van der Waals surface area (Å²) in [5.74, 6) is -0.0635. The van der Waals surface area contributed by atoms with Crippen molar-refractivity contribution in [3.8, 4) is 0 Å². The summed E-state index contributed by atoms with van der Waals surface area (Å²) in [7, 11) is 1.47. The molecule has 1 aromatic carbocycles.